The summed E-state index contributed by atoms with van der Waals surface area (Å²) in [6, 6.07) is 0. The number of hydrogen-bond acceptors (Lipinski definition) is 1. The molecule has 0 atom stereocenters. The summed E-state index contributed by atoms with van der Waals surface area (Å²) in [4.78, 5) is 0. The molecule has 0 amide bonds. The van der Waals surface area contributed by atoms with E-state index in [-0.39, 0.29) is 5.76 Å². The average Bonchev–Trinajstić information content (AvgIpc) is 1.85. The van der Waals surface area contributed by atoms with Gasteiger partial charge in [-0.3, -0.25) is 0 Å². The van der Waals surface area contributed by atoms with E-state index in [2.05, 4.69) is 6.58 Å². The van der Waals surface area contributed by atoms with E-state index in [9.17, 15) is 0 Å². The second-order valence-corrected chi connectivity index (χ2v) is 2.60. The lowest BCUT2D eigenvalue weighted by Crippen LogP contribution is -1.79. The van der Waals surface area contributed by atoms with Crippen LogP contribution in [0.1, 0.15) is 13.8 Å². The first-order valence-corrected chi connectivity index (χ1v) is 3.31. The van der Waals surface area contributed by atoms with Gasteiger partial charge in [-0.1, -0.05) is 24.3 Å². The Balaban J connectivity index is 4.48. The van der Waals surface area contributed by atoms with E-state index >= 15 is 0 Å². The Bertz CT molecular complexity index is 185. The zero-order valence-electron chi connectivity index (χ0n) is 6.19. The van der Waals surface area contributed by atoms with Gasteiger partial charge in [-0.15, -0.1) is 0 Å². The van der Waals surface area contributed by atoms with Crippen LogP contribution in [0, 0.1) is 0 Å². The second-order valence-electron chi connectivity index (χ2n) is 2.00. The molecule has 0 aliphatic rings. The molecule has 0 rings (SSSR count). The highest BCUT2D eigenvalue weighted by molar-refractivity contribution is 6.29. The van der Waals surface area contributed by atoms with Gasteiger partial charge in [0, 0.05) is 5.03 Å². The summed E-state index contributed by atoms with van der Waals surface area (Å²) >= 11 is 5.51. The van der Waals surface area contributed by atoms with Gasteiger partial charge in [0.15, 0.2) is 0 Å². The number of rotatable bonds is 2. The van der Waals surface area contributed by atoms with Crippen molar-refractivity contribution in [2.75, 3.05) is 0 Å². The molecule has 0 saturated carbocycles. The van der Waals surface area contributed by atoms with Gasteiger partial charge in [-0.05, 0) is 25.5 Å². The summed E-state index contributed by atoms with van der Waals surface area (Å²) in [5.41, 5.74) is 0.722. The van der Waals surface area contributed by atoms with Crippen molar-refractivity contribution in [3.8, 4) is 0 Å². The van der Waals surface area contributed by atoms with Gasteiger partial charge in [-0.2, -0.15) is 0 Å². The molecule has 0 aliphatic carbocycles. The predicted molar refractivity (Wildman–Crippen MR) is 45.1 cm³/mol. The first kappa shape index (κ1) is 9.31. The summed E-state index contributed by atoms with van der Waals surface area (Å²) < 4.78 is 0. The van der Waals surface area contributed by atoms with Gasteiger partial charge in [-0.25, -0.2) is 0 Å². The molecule has 0 bridgehead atoms. The van der Waals surface area contributed by atoms with Crippen molar-refractivity contribution in [1.82, 2.24) is 0 Å². The van der Waals surface area contributed by atoms with Gasteiger partial charge in [0.1, 0.15) is 5.76 Å². The molecule has 1 N–H and O–H groups in total. The molecule has 1 nitrogen and oxygen atoms in total. The first-order valence-electron chi connectivity index (χ1n) is 2.94. The van der Waals surface area contributed by atoms with Crippen LogP contribution in [0.25, 0.3) is 0 Å². The van der Waals surface area contributed by atoms with Crippen molar-refractivity contribution in [2.45, 2.75) is 13.8 Å². The second kappa shape index (κ2) is 4.18. The van der Waals surface area contributed by atoms with Gasteiger partial charge in [0.05, 0.1) is 0 Å². The lowest BCUT2D eigenvalue weighted by Gasteiger charge is -1.94. The van der Waals surface area contributed by atoms with Crippen molar-refractivity contribution in [1.29, 1.82) is 0 Å². The topological polar surface area (TPSA) is 20.2 Å². The van der Waals surface area contributed by atoms with Gasteiger partial charge >= 0.3 is 0 Å². The minimum atomic E-state index is 0.169. The van der Waals surface area contributed by atoms with E-state index in [1.807, 2.05) is 0 Å². The monoisotopic (exact) mass is 158 g/mol. The van der Waals surface area contributed by atoms with Crippen LogP contribution in [0.15, 0.2) is 35.1 Å². The summed E-state index contributed by atoms with van der Waals surface area (Å²) in [6.07, 6.45) is 3.06. The quantitative estimate of drug-likeness (QED) is 0.484. The van der Waals surface area contributed by atoms with Gasteiger partial charge in [0.2, 0.25) is 0 Å². The number of allylic oxidation sites excluding steroid dienone is 4. The molecule has 10 heavy (non-hydrogen) atoms. The molecular formula is C8H11ClO. The smallest absolute Gasteiger partial charge is 0.119 e. The Morgan fingerprint density at radius 3 is 2.30 bits per heavy atom. The molecule has 0 saturated heterocycles. The van der Waals surface area contributed by atoms with E-state index in [1.165, 1.54) is 6.08 Å². The zero-order valence-corrected chi connectivity index (χ0v) is 6.94. The van der Waals surface area contributed by atoms with E-state index in [0.29, 0.717) is 5.03 Å². The molecule has 0 spiro atoms. The fourth-order valence-electron chi connectivity index (χ4n) is 0.407. The molecule has 0 aromatic rings. The number of aliphatic hydroxyl groups is 1. The maximum absolute atomic E-state index is 9.14. The normalized spacial score (nSPS) is 14.5. The molecule has 0 fully saturated rings. The Kier molecular flexibility index (Phi) is 3.89. The summed E-state index contributed by atoms with van der Waals surface area (Å²) in [6.45, 7) is 6.96. The van der Waals surface area contributed by atoms with Gasteiger partial charge in [0.25, 0.3) is 0 Å². The molecule has 0 radical (unpaired) electrons. The molecule has 0 aromatic heterocycles. The first-order chi connectivity index (χ1) is 4.57. The van der Waals surface area contributed by atoms with Crippen LogP contribution in [0.3, 0.4) is 0 Å². The summed E-state index contributed by atoms with van der Waals surface area (Å²) in [7, 11) is 0. The van der Waals surface area contributed by atoms with Crippen molar-refractivity contribution >= 4 is 11.6 Å². The largest absolute Gasteiger partial charge is 0.508 e. The van der Waals surface area contributed by atoms with Crippen LogP contribution in [0.2, 0.25) is 0 Å². The molecule has 0 aliphatic heterocycles. The van der Waals surface area contributed by atoms with E-state index in [1.54, 1.807) is 19.9 Å². The maximum atomic E-state index is 9.14. The molecular weight excluding hydrogens is 148 g/mol. The van der Waals surface area contributed by atoms with Crippen LogP contribution in [-0.4, -0.2) is 5.11 Å². The zero-order chi connectivity index (χ0) is 8.15. The fraction of sp³-hybridized carbons (Fsp3) is 0.250. The molecule has 2 heteroatoms. The van der Waals surface area contributed by atoms with Crippen LogP contribution in [0.5, 0.6) is 0 Å². The van der Waals surface area contributed by atoms with E-state index in [4.69, 9.17) is 16.7 Å². The lowest BCUT2D eigenvalue weighted by molar-refractivity contribution is 0.427. The van der Waals surface area contributed by atoms with Crippen molar-refractivity contribution in [3.63, 3.8) is 0 Å². The molecule has 0 unspecified atom stereocenters. The average molecular weight is 159 g/mol. The maximum Gasteiger partial charge on any atom is 0.119 e. The fourth-order valence-corrected chi connectivity index (χ4v) is 0.510. The highest BCUT2D eigenvalue weighted by atomic mass is 35.5. The van der Waals surface area contributed by atoms with Gasteiger partial charge < -0.3 is 5.11 Å². The minimum absolute atomic E-state index is 0.169. The third-order valence-corrected chi connectivity index (χ3v) is 1.15. The Morgan fingerprint density at radius 1 is 1.50 bits per heavy atom. The third-order valence-electron chi connectivity index (χ3n) is 1.05. The highest BCUT2D eigenvalue weighted by Gasteiger charge is 1.91. The lowest BCUT2D eigenvalue weighted by atomic mass is 10.2. The molecule has 0 aromatic carbocycles. The predicted octanol–water partition coefficient (Wildman–Crippen LogP) is 3.15. The third kappa shape index (κ3) is 3.36. The van der Waals surface area contributed by atoms with Crippen molar-refractivity contribution in [3.05, 3.63) is 35.1 Å². The van der Waals surface area contributed by atoms with Crippen LogP contribution < -0.4 is 0 Å². The van der Waals surface area contributed by atoms with Crippen LogP contribution in [-0.2, 0) is 0 Å². The number of halogens is 1. The Morgan fingerprint density at radius 2 is 2.00 bits per heavy atom. The number of hydrogen-bond donors (Lipinski definition) is 1. The standard InChI is InChI=1S/C8H11ClO/c1-4-6(2)8(10)5-7(3)9/h4-5,10H,1H2,2-3H3/b7-5+,8-6+. The van der Waals surface area contributed by atoms with Crippen molar-refractivity contribution < 1.29 is 5.11 Å². The Labute approximate surface area is 66.3 Å². The van der Waals surface area contributed by atoms with E-state index in [0.717, 1.165) is 5.57 Å². The number of aliphatic hydroxyl groups excluding tert-OH is 1. The SMILES string of the molecule is C=C/C(C)=C(O)\C=C(/C)Cl. The van der Waals surface area contributed by atoms with E-state index < -0.39 is 0 Å². The van der Waals surface area contributed by atoms with Crippen molar-refractivity contribution in [2.24, 2.45) is 0 Å². The van der Waals surface area contributed by atoms with Crippen LogP contribution >= 0.6 is 11.6 Å². The summed E-state index contributed by atoms with van der Waals surface area (Å²) in [5, 5.41) is 9.69. The minimum Gasteiger partial charge on any atom is -0.508 e. The Hall–Kier alpha value is -0.690. The summed E-state index contributed by atoms with van der Waals surface area (Å²) in [5.74, 6) is 0.169. The molecule has 0 heterocycles. The highest BCUT2D eigenvalue weighted by Crippen LogP contribution is 2.07. The van der Waals surface area contributed by atoms with Crippen LogP contribution in [0.4, 0.5) is 0 Å². The molecule has 56 valence electrons.